The number of hydrogen-bond donors (Lipinski definition) is 1. The molecule has 0 saturated heterocycles. The smallest absolute Gasteiger partial charge is 0.237 e. The van der Waals surface area contributed by atoms with Crippen LogP contribution in [0.15, 0.2) is 35.7 Å². The highest BCUT2D eigenvalue weighted by Crippen LogP contribution is 2.34. The van der Waals surface area contributed by atoms with E-state index in [1.807, 2.05) is 11.8 Å². The lowest BCUT2D eigenvalue weighted by Crippen LogP contribution is -2.48. The first-order chi connectivity index (χ1) is 15.4. The highest BCUT2D eigenvalue weighted by molar-refractivity contribution is 7.10. The zero-order chi connectivity index (χ0) is 23.1. The summed E-state index contributed by atoms with van der Waals surface area (Å²) in [5.41, 5.74) is 1.14. The zero-order valence-electron chi connectivity index (χ0n) is 19.3. The van der Waals surface area contributed by atoms with E-state index in [0.717, 1.165) is 24.9 Å². The van der Waals surface area contributed by atoms with E-state index in [4.69, 9.17) is 4.74 Å². The molecule has 0 bridgehead atoms. The van der Waals surface area contributed by atoms with Crippen molar-refractivity contribution < 1.29 is 19.0 Å². The molecule has 1 aliphatic rings. The summed E-state index contributed by atoms with van der Waals surface area (Å²) < 4.78 is 19.2. The van der Waals surface area contributed by atoms with E-state index in [2.05, 4.69) is 30.2 Å². The number of fused-ring (bicyclic) bond motifs is 1. The first kappa shape index (κ1) is 24.7. The molecule has 0 aliphatic carbocycles. The molecule has 1 aromatic carbocycles. The van der Waals surface area contributed by atoms with Gasteiger partial charge in [-0.15, -0.1) is 11.3 Å². The first-order valence-electron chi connectivity index (χ1n) is 11.6. The number of halogens is 1. The van der Waals surface area contributed by atoms with Crippen molar-refractivity contribution in [2.45, 2.75) is 52.2 Å². The van der Waals surface area contributed by atoms with E-state index in [0.29, 0.717) is 37.8 Å². The molecule has 0 spiro atoms. The lowest BCUT2D eigenvalue weighted by Gasteiger charge is -2.37. The summed E-state index contributed by atoms with van der Waals surface area (Å²) in [4.78, 5) is 18.7. The van der Waals surface area contributed by atoms with Crippen LogP contribution in [0.1, 0.15) is 50.1 Å². The summed E-state index contributed by atoms with van der Waals surface area (Å²) in [6.45, 7) is 8.82. The van der Waals surface area contributed by atoms with Crippen LogP contribution in [0, 0.1) is 11.7 Å². The minimum Gasteiger partial charge on any atom is -0.491 e. The Hall–Kier alpha value is -1.96. The molecule has 1 amide bonds. The molecule has 0 saturated carbocycles. The van der Waals surface area contributed by atoms with Crippen molar-refractivity contribution in [2.75, 3.05) is 32.8 Å². The number of rotatable bonds is 11. The summed E-state index contributed by atoms with van der Waals surface area (Å²) >= 11 is 1.72. The Morgan fingerprint density at radius 3 is 2.69 bits per heavy atom. The number of nitrogens with zero attached hydrogens (tertiary/aromatic N) is 2. The third-order valence-electron chi connectivity index (χ3n) is 6.20. The van der Waals surface area contributed by atoms with Crippen molar-refractivity contribution in [2.24, 2.45) is 5.92 Å². The van der Waals surface area contributed by atoms with E-state index in [9.17, 15) is 14.3 Å². The van der Waals surface area contributed by atoms with Crippen molar-refractivity contribution in [3.63, 3.8) is 0 Å². The number of hydrogen-bond acceptors (Lipinski definition) is 5. The summed E-state index contributed by atoms with van der Waals surface area (Å²) in [5, 5.41) is 12.3. The fourth-order valence-electron chi connectivity index (χ4n) is 4.06. The molecule has 0 fully saturated rings. The third kappa shape index (κ3) is 6.53. The van der Waals surface area contributed by atoms with E-state index >= 15 is 0 Å². The molecule has 5 nitrogen and oxygen atoms in total. The van der Waals surface area contributed by atoms with Crippen LogP contribution in [0.25, 0.3) is 0 Å². The highest BCUT2D eigenvalue weighted by Gasteiger charge is 2.33. The van der Waals surface area contributed by atoms with Gasteiger partial charge in [-0.05, 0) is 60.0 Å². The van der Waals surface area contributed by atoms with Crippen molar-refractivity contribution in [3.8, 4) is 5.75 Å². The normalized spacial score (nSPS) is 17.8. The number of carbonyl (C=O) groups excluding carboxylic acids is 1. The van der Waals surface area contributed by atoms with E-state index < -0.39 is 6.10 Å². The number of thiophene rings is 1. The predicted octanol–water partition coefficient (Wildman–Crippen LogP) is 4.51. The molecule has 1 aromatic heterocycles. The molecule has 1 N–H and O–H groups in total. The van der Waals surface area contributed by atoms with Crippen LogP contribution in [0.3, 0.4) is 0 Å². The lowest BCUT2D eigenvalue weighted by atomic mass is 10.00. The summed E-state index contributed by atoms with van der Waals surface area (Å²) in [6, 6.07) is 7.87. The largest absolute Gasteiger partial charge is 0.491 e. The van der Waals surface area contributed by atoms with Gasteiger partial charge < -0.3 is 14.7 Å². The number of ether oxygens (including phenoxy) is 1. The highest BCUT2D eigenvalue weighted by atomic mass is 32.1. The lowest BCUT2D eigenvalue weighted by molar-refractivity contribution is -0.136. The molecule has 2 aromatic rings. The average Bonchev–Trinajstić information content (AvgIpc) is 3.27. The van der Waals surface area contributed by atoms with Gasteiger partial charge in [-0.25, -0.2) is 4.39 Å². The monoisotopic (exact) mass is 462 g/mol. The van der Waals surface area contributed by atoms with Gasteiger partial charge in [-0.1, -0.05) is 27.2 Å². The van der Waals surface area contributed by atoms with Crippen LogP contribution in [0.4, 0.5) is 4.39 Å². The van der Waals surface area contributed by atoms with Gasteiger partial charge in [-0.3, -0.25) is 9.69 Å². The molecule has 0 radical (unpaired) electrons. The number of benzene rings is 1. The Kier molecular flexibility index (Phi) is 9.08. The predicted molar refractivity (Wildman–Crippen MR) is 127 cm³/mol. The van der Waals surface area contributed by atoms with E-state index in [1.54, 1.807) is 23.5 Å². The van der Waals surface area contributed by atoms with Gasteiger partial charge in [0.2, 0.25) is 5.91 Å². The second kappa shape index (κ2) is 11.8. The summed E-state index contributed by atoms with van der Waals surface area (Å²) in [7, 11) is 0. The van der Waals surface area contributed by atoms with Crippen LogP contribution < -0.4 is 4.74 Å². The minimum atomic E-state index is -0.436. The Bertz CT molecular complexity index is 845. The molecule has 176 valence electrons. The van der Waals surface area contributed by atoms with Crippen LogP contribution in [0.5, 0.6) is 5.75 Å². The van der Waals surface area contributed by atoms with E-state index in [-0.39, 0.29) is 24.3 Å². The standard InChI is InChI=1S/C25H35FN2O3S/c1-4-18(3)14-27(15-20(29)5-2)16-25(30)28-12-10-24-22(11-13-32-24)23(28)17-31-21-8-6-19(26)7-9-21/h6-9,11,13,18,20,23,29H,4-5,10,12,14-17H2,1-3H3/t18-,20+,23-/m0/s1. The van der Waals surface area contributed by atoms with Crippen LogP contribution >= 0.6 is 11.3 Å². The van der Waals surface area contributed by atoms with Crippen LogP contribution in [-0.4, -0.2) is 59.7 Å². The molecular formula is C25H35FN2O3S. The molecule has 32 heavy (non-hydrogen) atoms. The molecule has 0 unspecified atom stereocenters. The fraction of sp³-hybridized carbons (Fsp3) is 0.560. The molecule has 2 heterocycles. The Labute approximate surface area is 194 Å². The van der Waals surface area contributed by atoms with Gasteiger partial charge in [-0.2, -0.15) is 0 Å². The molecule has 1 aliphatic heterocycles. The summed E-state index contributed by atoms with van der Waals surface area (Å²) in [6.07, 6.45) is 2.10. The Morgan fingerprint density at radius 1 is 1.25 bits per heavy atom. The van der Waals surface area contributed by atoms with Crippen molar-refractivity contribution >= 4 is 17.2 Å². The molecular weight excluding hydrogens is 427 g/mol. The van der Waals surface area contributed by atoms with Gasteiger partial charge >= 0.3 is 0 Å². The molecule has 3 rings (SSSR count). The second-order valence-electron chi connectivity index (χ2n) is 8.69. The van der Waals surface area contributed by atoms with Gasteiger partial charge in [0.1, 0.15) is 18.2 Å². The number of carbonyl (C=O) groups is 1. The summed E-state index contributed by atoms with van der Waals surface area (Å²) in [5.74, 6) is 0.795. The van der Waals surface area contributed by atoms with Crippen molar-refractivity contribution in [1.29, 1.82) is 0 Å². The van der Waals surface area contributed by atoms with Crippen molar-refractivity contribution in [1.82, 2.24) is 9.80 Å². The van der Waals surface area contributed by atoms with E-state index in [1.165, 1.54) is 17.0 Å². The van der Waals surface area contributed by atoms with Gasteiger partial charge in [0.25, 0.3) is 0 Å². The Morgan fingerprint density at radius 2 is 2.00 bits per heavy atom. The molecule has 7 heteroatoms. The number of aliphatic hydroxyl groups excluding tert-OH is 1. The quantitative estimate of drug-likeness (QED) is 0.534. The van der Waals surface area contributed by atoms with Gasteiger partial charge in [0.05, 0.1) is 18.7 Å². The number of amides is 1. The topological polar surface area (TPSA) is 53.0 Å². The Balaban J connectivity index is 1.73. The average molecular weight is 463 g/mol. The van der Waals surface area contributed by atoms with Crippen LogP contribution in [0.2, 0.25) is 0 Å². The zero-order valence-corrected chi connectivity index (χ0v) is 20.1. The van der Waals surface area contributed by atoms with Crippen molar-refractivity contribution in [3.05, 3.63) is 52.0 Å². The maximum Gasteiger partial charge on any atom is 0.237 e. The third-order valence-corrected chi connectivity index (χ3v) is 7.20. The fourth-order valence-corrected chi connectivity index (χ4v) is 4.99. The van der Waals surface area contributed by atoms with Gasteiger partial charge in [0.15, 0.2) is 0 Å². The maximum atomic E-state index is 13.4. The maximum absolute atomic E-state index is 13.4. The van der Waals surface area contributed by atoms with Gasteiger partial charge in [0, 0.05) is 24.5 Å². The first-order valence-corrected chi connectivity index (χ1v) is 12.4. The molecule has 3 atom stereocenters. The minimum absolute atomic E-state index is 0.0566. The number of aliphatic hydroxyl groups is 1. The second-order valence-corrected chi connectivity index (χ2v) is 9.69. The van der Waals surface area contributed by atoms with Crippen LogP contribution in [-0.2, 0) is 11.2 Å². The SMILES string of the molecule is CC[C@H](C)CN(CC(=O)N1CCc2sccc2[C@@H]1COc1ccc(F)cc1)C[C@H](O)CC.